The van der Waals surface area contributed by atoms with Gasteiger partial charge in [0.15, 0.2) is 0 Å². The molecule has 1 aromatic carbocycles. The van der Waals surface area contributed by atoms with Crippen molar-refractivity contribution in [3.05, 3.63) is 49.2 Å². The number of rotatable bonds is 2. The summed E-state index contributed by atoms with van der Waals surface area (Å²) in [6.45, 7) is 7.33. The molecule has 0 fully saturated rings. The van der Waals surface area contributed by atoms with E-state index in [0.717, 1.165) is 11.1 Å². The Morgan fingerprint density at radius 2 is 1.92 bits per heavy atom. The van der Waals surface area contributed by atoms with Crippen LogP contribution in [-0.4, -0.2) is 11.7 Å². The molecule has 13 heavy (non-hydrogen) atoms. The van der Waals surface area contributed by atoms with Gasteiger partial charge in [-0.3, -0.25) is 0 Å². The van der Waals surface area contributed by atoms with Gasteiger partial charge in [-0.25, -0.2) is 0 Å². The zero-order valence-corrected chi connectivity index (χ0v) is 10.4. The van der Waals surface area contributed by atoms with Crippen LogP contribution in [0.3, 0.4) is 0 Å². The fourth-order valence-corrected chi connectivity index (χ4v) is 1.09. The van der Waals surface area contributed by atoms with Gasteiger partial charge in [0.2, 0.25) is 0 Å². The van der Waals surface area contributed by atoms with Crippen molar-refractivity contribution in [2.75, 3.05) is 6.61 Å². The van der Waals surface area contributed by atoms with Gasteiger partial charge < -0.3 is 17.8 Å². The number of hydrogen-bond donors (Lipinski definition) is 2. The first-order valence-corrected chi connectivity index (χ1v) is 3.74. The molecule has 1 atom stereocenters. The Morgan fingerprint density at radius 3 is 2.38 bits per heavy atom. The summed E-state index contributed by atoms with van der Waals surface area (Å²) in [5.41, 5.74) is 6.40. The normalized spacial score (nSPS) is 14.4. The molecular formula is C10H13NOY-2. The van der Waals surface area contributed by atoms with Gasteiger partial charge in [0.1, 0.15) is 0 Å². The summed E-state index contributed by atoms with van der Waals surface area (Å²) < 4.78 is 0. The fraction of sp³-hybridized carbons (Fsp3) is 0.200. The summed E-state index contributed by atoms with van der Waals surface area (Å²) >= 11 is 0. The van der Waals surface area contributed by atoms with Crippen molar-refractivity contribution in [1.82, 2.24) is 0 Å². The SMILES string of the molecule is [CH2-]c1ccccc1C([CH2-])(N)CO.[Y]. The first-order valence-electron chi connectivity index (χ1n) is 3.74. The zero-order chi connectivity index (χ0) is 9.19. The minimum atomic E-state index is -0.932. The third-order valence-electron chi connectivity index (χ3n) is 1.84. The maximum absolute atomic E-state index is 8.96. The molecule has 2 nitrogen and oxygen atoms in total. The molecule has 0 aliphatic carbocycles. The summed E-state index contributed by atoms with van der Waals surface area (Å²) in [7, 11) is 0. The molecule has 1 rings (SSSR count). The number of nitrogens with two attached hydrogens (primary N) is 1. The van der Waals surface area contributed by atoms with Crippen LogP contribution < -0.4 is 5.73 Å². The van der Waals surface area contributed by atoms with Gasteiger partial charge in [-0.2, -0.15) is 24.1 Å². The van der Waals surface area contributed by atoms with E-state index in [0.29, 0.717) is 0 Å². The second-order valence-corrected chi connectivity index (χ2v) is 2.97. The van der Waals surface area contributed by atoms with Crippen molar-refractivity contribution in [3.63, 3.8) is 0 Å². The van der Waals surface area contributed by atoms with Crippen LogP contribution in [0.15, 0.2) is 24.3 Å². The maximum Gasteiger partial charge on any atom is 0.0268 e. The van der Waals surface area contributed by atoms with Crippen molar-refractivity contribution in [2.45, 2.75) is 5.54 Å². The third-order valence-corrected chi connectivity index (χ3v) is 1.84. The van der Waals surface area contributed by atoms with E-state index in [1.54, 1.807) is 0 Å². The van der Waals surface area contributed by atoms with Gasteiger partial charge in [0.25, 0.3) is 0 Å². The number of aliphatic hydroxyl groups is 1. The molecule has 0 aliphatic heterocycles. The Balaban J connectivity index is 0.00000144. The van der Waals surface area contributed by atoms with Gasteiger partial charge in [0, 0.05) is 39.3 Å². The molecule has 0 aromatic heterocycles. The Bertz CT molecular complexity index is 273. The minimum Gasteiger partial charge on any atom is -0.398 e. The second kappa shape index (κ2) is 5.11. The summed E-state index contributed by atoms with van der Waals surface area (Å²) in [4.78, 5) is 0. The number of hydrogen-bond acceptors (Lipinski definition) is 2. The smallest absolute Gasteiger partial charge is 0.0268 e. The van der Waals surface area contributed by atoms with Gasteiger partial charge in [0.05, 0.1) is 0 Å². The molecule has 0 amide bonds. The Labute approximate surface area is 104 Å². The maximum atomic E-state index is 8.96. The topological polar surface area (TPSA) is 46.2 Å². The van der Waals surface area contributed by atoms with Crippen LogP contribution in [-0.2, 0) is 38.2 Å². The van der Waals surface area contributed by atoms with Crippen molar-refractivity contribution >= 4 is 0 Å². The minimum absolute atomic E-state index is 0. The predicted octanol–water partition coefficient (Wildman–Crippen LogP) is 0.847. The molecule has 1 aromatic rings. The van der Waals surface area contributed by atoms with Crippen molar-refractivity contribution in [2.24, 2.45) is 5.73 Å². The van der Waals surface area contributed by atoms with E-state index in [-0.39, 0.29) is 39.3 Å². The van der Waals surface area contributed by atoms with Crippen LogP contribution in [0.25, 0.3) is 0 Å². The van der Waals surface area contributed by atoms with Crippen LogP contribution in [0.5, 0.6) is 0 Å². The molecule has 69 valence electrons. The molecule has 0 saturated heterocycles. The van der Waals surface area contributed by atoms with Gasteiger partial charge in [-0.1, -0.05) is 6.07 Å². The van der Waals surface area contributed by atoms with E-state index in [2.05, 4.69) is 13.8 Å². The fourth-order valence-electron chi connectivity index (χ4n) is 1.09. The van der Waals surface area contributed by atoms with E-state index in [4.69, 9.17) is 10.8 Å². The molecule has 0 bridgehead atoms. The molecule has 0 saturated carbocycles. The third kappa shape index (κ3) is 3.06. The van der Waals surface area contributed by atoms with E-state index < -0.39 is 5.54 Å². The van der Waals surface area contributed by atoms with Gasteiger partial charge in [-0.15, -0.1) is 17.7 Å². The predicted molar refractivity (Wildman–Crippen MR) is 49.2 cm³/mol. The summed E-state index contributed by atoms with van der Waals surface area (Å²) in [6.07, 6.45) is 0. The first-order chi connectivity index (χ1) is 5.58. The summed E-state index contributed by atoms with van der Waals surface area (Å²) in [5.74, 6) is 0. The number of aliphatic hydroxyl groups excluding tert-OH is 1. The van der Waals surface area contributed by atoms with Crippen molar-refractivity contribution in [1.29, 1.82) is 0 Å². The number of benzene rings is 1. The summed E-state index contributed by atoms with van der Waals surface area (Å²) in [6, 6.07) is 7.40. The molecule has 1 radical (unpaired) electrons. The monoisotopic (exact) mass is 252 g/mol. The van der Waals surface area contributed by atoms with E-state index in [1.807, 2.05) is 24.3 Å². The van der Waals surface area contributed by atoms with Crippen LogP contribution >= 0.6 is 0 Å². The molecule has 0 heterocycles. The van der Waals surface area contributed by atoms with Crippen LogP contribution in [0.1, 0.15) is 11.1 Å². The van der Waals surface area contributed by atoms with E-state index in [1.165, 1.54) is 0 Å². The molecule has 0 aliphatic rings. The largest absolute Gasteiger partial charge is 0.398 e. The average molecular weight is 252 g/mol. The summed E-state index contributed by atoms with van der Waals surface area (Å²) in [5, 5.41) is 8.96. The van der Waals surface area contributed by atoms with Crippen molar-refractivity contribution < 1.29 is 37.8 Å². The molecular weight excluding hydrogens is 239 g/mol. The first kappa shape index (κ1) is 13.1. The molecule has 0 spiro atoms. The Morgan fingerprint density at radius 1 is 1.38 bits per heavy atom. The van der Waals surface area contributed by atoms with Gasteiger partial charge >= 0.3 is 0 Å². The van der Waals surface area contributed by atoms with Crippen LogP contribution in [0.4, 0.5) is 0 Å². The van der Waals surface area contributed by atoms with Crippen LogP contribution in [0.2, 0.25) is 0 Å². The molecule has 1 unspecified atom stereocenters. The quantitative estimate of drug-likeness (QED) is 0.766. The second-order valence-electron chi connectivity index (χ2n) is 2.97. The van der Waals surface area contributed by atoms with E-state index >= 15 is 0 Å². The molecule has 3 heteroatoms. The molecule has 3 N–H and O–H groups in total. The zero-order valence-electron chi connectivity index (χ0n) is 7.53. The van der Waals surface area contributed by atoms with Crippen molar-refractivity contribution in [3.8, 4) is 0 Å². The Kier molecular flexibility index (Phi) is 5.15. The van der Waals surface area contributed by atoms with Gasteiger partial charge in [-0.05, 0) is 0 Å². The average Bonchev–Trinajstić information content (AvgIpc) is 2.05. The van der Waals surface area contributed by atoms with E-state index in [9.17, 15) is 0 Å². The standard InChI is InChI=1S/C10H13NO.Y/c1-8-5-3-4-6-9(8)10(2,11)7-12;/h3-6,12H,1-2,7,11H2;/q-2;. The Hall–Kier alpha value is 0.114. The van der Waals surface area contributed by atoms with Crippen LogP contribution in [0, 0.1) is 13.8 Å².